The van der Waals surface area contributed by atoms with Crippen LogP contribution < -0.4 is 9.64 Å². The molecule has 6 rings (SSSR count). The normalized spacial score (nSPS) is 29.4. The number of carbonyl (C=O) groups is 2. The maximum atomic E-state index is 17.9. The number of amides is 2. The van der Waals surface area contributed by atoms with Crippen molar-refractivity contribution < 1.29 is 28.2 Å². The Labute approximate surface area is 301 Å². The number of ether oxygens (including phenoxy) is 3. The monoisotopic (exact) mass is 712 g/mol. The van der Waals surface area contributed by atoms with Gasteiger partial charge in [-0.3, -0.25) is 14.5 Å². The average molecular weight is 713 g/mol. The van der Waals surface area contributed by atoms with Crippen LogP contribution in [0.2, 0.25) is 5.02 Å². The molecule has 2 aromatic carbocycles. The molecule has 4 fully saturated rings. The first-order valence-corrected chi connectivity index (χ1v) is 18.6. The lowest BCUT2D eigenvalue weighted by Crippen LogP contribution is -2.50. The average Bonchev–Trinajstić information content (AvgIpc) is 3.73. The molecule has 274 valence electrons. The minimum atomic E-state index is -2.08. The second-order valence-corrected chi connectivity index (χ2v) is 15.4. The fourth-order valence-electron chi connectivity index (χ4n) is 9.07. The summed E-state index contributed by atoms with van der Waals surface area (Å²) in [6, 6.07) is 13.7. The van der Waals surface area contributed by atoms with E-state index in [9.17, 15) is 9.59 Å². The molecule has 3 aliphatic heterocycles. The van der Waals surface area contributed by atoms with E-state index in [2.05, 4.69) is 15.9 Å². The highest BCUT2D eigenvalue weighted by molar-refractivity contribution is 6.30. The van der Waals surface area contributed by atoms with Crippen molar-refractivity contribution in [3.63, 3.8) is 0 Å². The number of piperidine rings is 1. The number of carbonyl (C=O) groups excluding carboxylic acids is 2. The van der Waals surface area contributed by atoms with Gasteiger partial charge < -0.3 is 28.9 Å². The fourth-order valence-corrected chi connectivity index (χ4v) is 9.23. The summed E-state index contributed by atoms with van der Waals surface area (Å²) in [6.45, 7) is 3.31. The van der Waals surface area contributed by atoms with Crippen LogP contribution in [0, 0.1) is 11.8 Å². The molecule has 0 bridgehead atoms. The van der Waals surface area contributed by atoms with Gasteiger partial charge in [-0.1, -0.05) is 29.8 Å². The quantitative estimate of drug-likeness (QED) is 0.317. The van der Waals surface area contributed by atoms with Crippen molar-refractivity contribution in [2.75, 3.05) is 86.2 Å². The summed E-state index contributed by atoms with van der Waals surface area (Å²) >= 11 is 6.59. The zero-order valence-corrected chi connectivity index (χ0v) is 31.0. The molecule has 11 heteroatoms. The summed E-state index contributed by atoms with van der Waals surface area (Å²) in [5.74, 6) is -0.229. The van der Waals surface area contributed by atoms with Gasteiger partial charge in [0.15, 0.2) is 0 Å². The van der Waals surface area contributed by atoms with Gasteiger partial charge in [-0.2, -0.15) is 0 Å². The third-order valence-electron chi connectivity index (χ3n) is 11.9. The Kier molecular flexibility index (Phi) is 11.6. The molecule has 0 N–H and O–H groups in total. The Morgan fingerprint density at radius 3 is 2.26 bits per heavy atom. The summed E-state index contributed by atoms with van der Waals surface area (Å²) < 4.78 is 34.6. The topological polar surface area (TPSA) is 74.8 Å². The zero-order valence-electron chi connectivity index (χ0n) is 30.3. The first-order valence-electron chi connectivity index (χ1n) is 18.2. The number of methoxy groups -OCH3 is 3. The Bertz CT molecular complexity index is 1480. The number of rotatable bonds is 10. The Morgan fingerprint density at radius 2 is 1.64 bits per heavy atom. The van der Waals surface area contributed by atoms with E-state index in [0.717, 1.165) is 68.4 Å². The maximum Gasteiger partial charge on any atom is 0.262 e. The van der Waals surface area contributed by atoms with E-state index in [4.69, 9.17) is 25.8 Å². The number of nitrogens with zero attached hydrogens (tertiary/aromatic N) is 4. The molecule has 3 heterocycles. The van der Waals surface area contributed by atoms with Gasteiger partial charge in [-0.15, -0.1) is 0 Å². The first-order chi connectivity index (χ1) is 24.1. The van der Waals surface area contributed by atoms with Crippen LogP contribution in [-0.2, 0) is 19.1 Å². The molecule has 2 amide bonds. The van der Waals surface area contributed by atoms with Crippen molar-refractivity contribution in [2.45, 2.75) is 68.2 Å². The van der Waals surface area contributed by atoms with Crippen molar-refractivity contribution in [2.24, 2.45) is 11.8 Å². The Balaban J connectivity index is 1.26. The van der Waals surface area contributed by atoms with E-state index in [0.29, 0.717) is 37.0 Å². The lowest BCUT2D eigenvalue weighted by molar-refractivity contribution is -0.143. The van der Waals surface area contributed by atoms with Crippen molar-refractivity contribution in [3.8, 4) is 5.75 Å². The molecule has 0 unspecified atom stereocenters. The standard InChI is InChI=1S/C39H54ClFN4O5/c1-42(2)37(46)27-16-18-43(19-17-27)36-20-29(40)8-15-33(36)34-22-44(21-28(34)24-48-3)38(47)39(41)25-45(30-9-13-32(50-5)14-10-30)23-35(39)26-6-11-31(49-4)12-7-26/h6-8,11-12,15,20,27-28,30,32,34-35H,9-10,13-14,16-19,21-25H2,1-5H3/t28-,30?,32?,34+,35+,39+/m1/s1. The van der Waals surface area contributed by atoms with Crippen LogP contribution in [-0.4, -0.2) is 126 Å². The molecule has 0 aromatic heterocycles. The molecule has 3 saturated heterocycles. The predicted molar refractivity (Wildman–Crippen MR) is 194 cm³/mol. The van der Waals surface area contributed by atoms with Crippen LogP contribution in [0.5, 0.6) is 5.75 Å². The van der Waals surface area contributed by atoms with E-state index >= 15 is 4.39 Å². The van der Waals surface area contributed by atoms with Gasteiger partial charge in [-0.05, 0) is 73.9 Å². The number of likely N-dealkylation sites (tertiary alicyclic amines) is 2. The number of alkyl halides is 1. The van der Waals surface area contributed by atoms with Crippen molar-refractivity contribution >= 4 is 29.1 Å². The predicted octanol–water partition coefficient (Wildman–Crippen LogP) is 5.61. The highest BCUT2D eigenvalue weighted by Gasteiger charge is 2.57. The van der Waals surface area contributed by atoms with Gasteiger partial charge in [0, 0.05) is 108 Å². The second-order valence-electron chi connectivity index (χ2n) is 15.0. The van der Waals surface area contributed by atoms with Gasteiger partial charge in [0.1, 0.15) is 5.75 Å². The smallest absolute Gasteiger partial charge is 0.262 e. The van der Waals surface area contributed by atoms with Crippen LogP contribution in [0.15, 0.2) is 42.5 Å². The highest BCUT2D eigenvalue weighted by Crippen LogP contribution is 2.46. The molecule has 2 aromatic rings. The number of halogens is 2. The summed E-state index contributed by atoms with van der Waals surface area (Å²) in [7, 11) is 8.68. The highest BCUT2D eigenvalue weighted by atomic mass is 35.5. The first kappa shape index (κ1) is 36.9. The minimum absolute atomic E-state index is 0.00472. The van der Waals surface area contributed by atoms with Crippen LogP contribution in [0.3, 0.4) is 0 Å². The van der Waals surface area contributed by atoms with E-state index < -0.39 is 17.5 Å². The van der Waals surface area contributed by atoms with Crippen LogP contribution >= 0.6 is 11.6 Å². The summed E-state index contributed by atoms with van der Waals surface area (Å²) in [5.41, 5.74) is 0.850. The summed E-state index contributed by atoms with van der Waals surface area (Å²) in [5, 5.41) is 0.639. The fraction of sp³-hybridized carbons (Fsp3) is 0.641. The molecule has 1 saturated carbocycles. The van der Waals surface area contributed by atoms with E-state index in [1.807, 2.05) is 50.5 Å². The van der Waals surface area contributed by atoms with Gasteiger partial charge in [0.2, 0.25) is 11.6 Å². The van der Waals surface area contributed by atoms with Crippen LogP contribution in [0.4, 0.5) is 10.1 Å². The third kappa shape index (κ3) is 7.50. The van der Waals surface area contributed by atoms with Crippen molar-refractivity contribution in [1.29, 1.82) is 0 Å². The van der Waals surface area contributed by atoms with Crippen LogP contribution in [0.1, 0.15) is 61.5 Å². The molecule has 0 spiro atoms. The van der Waals surface area contributed by atoms with Gasteiger partial charge in [0.25, 0.3) is 5.91 Å². The lowest BCUT2D eigenvalue weighted by Gasteiger charge is -2.36. The van der Waals surface area contributed by atoms with Crippen molar-refractivity contribution in [1.82, 2.24) is 14.7 Å². The molecule has 4 atom stereocenters. The van der Waals surface area contributed by atoms with Gasteiger partial charge in [-0.25, -0.2) is 4.39 Å². The molecule has 9 nitrogen and oxygen atoms in total. The number of benzene rings is 2. The molecule has 1 aliphatic carbocycles. The minimum Gasteiger partial charge on any atom is -0.497 e. The zero-order chi connectivity index (χ0) is 35.6. The largest absolute Gasteiger partial charge is 0.497 e. The van der Waals surface area contributed by atoms with Gasteiger partial charge in [0.05, 0.1) is 19.8 Å². The summed E-state index contributed by atoms with van der Waals surface area (Å²) in [6.07, 6.45) is 5.52. The Morgan fingerprint density at radius 1 is 0.940 bits per heavy atom. The van der Waals surface area contributed by atoms with E-state index in [1.54, 1.807) is 31.1 Å². The van der Waals surface area contributed by atoms with Crippen molar-refractivity contribution in [3.05, 3.63) is 58.6 Å². The maximum absolute atomic E-state index is 17.9. The number of hydrogen-bond donors (Lipinski definition) is 0. The summed E-state index contributed by atoms with van der Waals surface area (Å²) in [4.78, 5) is 35.4. The van der Waals surface area contributed by atoms with Gasteiger partial charge >= 0.3 is 0 Å². The Hall–Kier alpha value is -2.92. The molecular formula is C39H54ClFN4O5. The number of hydrogen-bond acceptors (Lipinski definition) is 7. The van der Waals surface area contributed by atoms with Crippen LogP contribution in [0.25, 0.3) is 0 Å². The van der Waals surface area contributed by atoms with E-state index in [1.165, 1.54) is 0 Å². The molecule has 50 heavy (non-hydrogen) atoms. The molecule has 0 radical (unpaired) electrons. The number of anilines is 1. The third-order valence-corrected chi connectivity index (χ3v) is 12.1. The SMILES string of the molecule is COC[C@H]1CN(C(=O)[C@]2(F)CN(C3CCC(OC)CC3)C[C@H]2c2ccc(OC)cc2)C[C@@H]1c1ccc(Cl)cc1N1CCC(C(=O)N(C)C)CC1. The second kappa shape index (κ2) is 15.8. The van der Waals surface area contributed by atoms with E-state index in [-0.39, 0.29) is 42.4 Å². The molecule has 4 aliphatic rings. The lowest BCUT2D eigenvalue weighted by atomic mass is 9.85. The molecular weight excluding hydrogens is 659 g/mol.